The minimum Gasteiger partial charge on any atom is -0.366 e. The molecular formula is C16H17ClN2O. The largest absolute Gasteiger partial charge is 0.366 e. The minimum absolute atomic E-state index is 0.386. The number of carbonyl (C=O) groups excluding carboxylic acids is 1. The van der Waals surface area contributed by atoms with Gasteiger partial charge in [-0.3, -0.25) is 4.79 Å². The summed E-state index contributed by atoms with van der Waals surface area (Å²) in [5, 5.41) is 3.77. The summed E-state index contributed by atoms with van der Waals surface area (Å²) in [6.45, 7) is 6.12. The second-order valence-electron chi connectivity index (χ2n) is 4.95. The molecule has 4 heteroatoms. The molecule has 0 radical (unpaired) electrons. The van der Waals surface area contributed by atoms with Crippen LogP contribution in [0.25, 0.3) is 0 Å². The van der Waals surface area contributed by atoms with Crippen LogP contribution in [0.5, 0.6) is 0 Å². The second-order valence-corrected chi connectivity index (χ2v) is 5.39. The summed E-state index contributed by atoms with van der Waals surface area (Å²) in [5.41, 5.74) is 10.9. The van der Waals surface area contributed by atoms with Crippen molar-refractivity contribution in [2.24, 2.45) is 5.73 Å². The molecule has 2 aromatic carbocycles. The molecule has 2 rings (SSSR count). The van der Waals surface area contributed by atoms with Crippen molar-refractivity contribution < 1.29 is 4.79 Å². The molecule has 1 amide bonds. The molecule has 0 unspecified atom stereocenters. The standard InChI is InChI=1S/C16H17ClN2O/c1-9-6-10(2)15(11(3)7-9)19-14-5-4-12(17)8-13(14)16(18)20/h4-8,19H,1-3H3,(H2,18,20). The Morgan fingerprint density at radius 2 is 1.70 bits per heavy atom. The zero-order chi connectivity index (χ0) is 14.9. The molecular weight excluding hydrogens is 272 g/mol. The number of hydrogen-bond donors (Lipinski definition) is 2. The maximum Gasteiger partial charge on any atom is 0.250 e. The van der Waals surface area contributed by atoms with Crippen LogP contribution in [0.4, 0.5) is 11.4 Å². The van der Waals surface area contributed by atoms with Crippen molar-refractivity contribution in [3.8, 4) is 0 Å². The number of nitrogens with one attached hydrogen (secondary N) is 1. The van der Waals surface area contributed by atoms with Crippen LogP contribution in [0, 0.1) is 20.8 Å². The first-order valence-electron chi connectivity index (χ1n) is 6.32. The normalized spacial score (nSPS) is 10.4. The van der Waals surface area contributed by atoms with Gasteiger partial charge in [0.1, 0.15) is 0 Å². The molecule has 3 N–H and O–H groups in total. The highest BCUT2D eigenvalue weighted by atomic mass is 35.5. The van der Waals surface area contributed by atoms with Gasteiger partial charge >= 0.3 is 0 Å². The van der Waals surface area contributed by atoms with Crippen molar-refractivity contribution >= 4 is 28.9 Å². The Balaban J connectivity index is 2.48. The van der Waals surface area contributed by atoms with Gasteiger partial charge in [0.2, 0.25) is 0 Å². The van der Waals surface area contributed by atoms with E-state index in [4.69, 9.17) is 17.3 Å². The molecule has 0 aliphatic rings. The van der Waals surface area contributed by atoms with Crippen molar-refractivity contribution in [3.05, 3.63) is 57.6 Å². The number of amides is 1. The molecule has 3 nitrogen and oxygen atoms in total. The van der Waals surface area contributed by atoms with Gasteiger partial charge in [-0.05, 0) is 50.1 Å². The van der Waals surface area contributed by atoms with E-state index in [1.807, 2.05) is 13.8 Å². The van der Waals surface area contributed by atoms with E-state index >= 15 is 0 Å². The molecule has 0 spiro atoms. The van der Waals surface area contributed by atoms with Crippen LogP contribution in [0.2, 0.25) is 5.02 Å². The Morgan fingerprint density at radius 1 is 1.10 bits per heavy atom. The van der Waals surface area contributed by atoms with Crippen molar-refractivity contribution in [1.29, 1.82) is 0 Å². The minimum atomic E-state index is -0.502. The van der Waals surface area contributed by atoms with E-state index in [9.17, 15) is 4.79 Å². The van der Waals surface area contributed by atoms with Crippen molar-refractivity contribution in [3.63, 3.8) is 0 Å². The van der Waals surface area contributed by atoms with Crippen LogP contribution in [0.1, 0.15) is 27.0 Å². The molecule has 0 aliphatic carbocycles. The number of benzene rings is 2. The van der Waals surface area contributed by atoms with Crippen molar-refractivity contribution in [2.45, 2.75) is 20.8 Å². The predicted octanol–water partition coefficient (Wildman–Crippen LogP) is 4.11. The summed E-state index contributed by atoms with van der Waals surface area (Å²) >= 11 is 5.91. The molecule has 0 aromatic heterocycles. The molecule has 0 saturated carbocycles. The van der Waals surface area contributed by atoms with Crippen molar-refractivity contribution in [2.75, 3.05) is 5.32 Å². The third-order valence-electron chi connectivity index (χ3n) is 3.18. The summed E-state index contributed by atoms with van der Waals surface area (Å²) in [6.07, 6.45) is 0. The van der Waals surface area contributed by atoms with Crippen LogP contribution in [-0.4, -0.2) is 5.91 Å². The van der Waals surface area contributed by atoms with E-state index in [1.165, 1.54) is 5.56 Å². The highest BCUT2D eigenvalue weighted by molar-refractivity contribution is 6.31. The van der Waals surface area contributed by atoms with Crippen LogP contribution >= 0.6 is 11.6 Å². The fourth-order valence-corrected chi connectivity index (χ4v) is 2.51. The smallest absolute Gasteiger partial charge is 0.250 e. The molecule has 0 aliphatic heterocycles. The average Bonchev–Trinajstić information content (AvgIpc) is 2.34. The SMILES string of the molecule is Cc1cc(C)c(Nc2ccc(Cl)cc2C(N)=O)c(C)c1. The lowest BCUT2D eigenvalue weighted by Crippen LogP contribution is -2.13. The van der Waals surface area contributed by atoms with Crippen LogP contribution in [-0.2, 0) is 0 Å². The lowest BCUT2D eigenvalue weighted by atomic mass is 10.0. The van der Waals surface area contributed by atoms with E-state index < -0.39 is 5.91 Å². The van der Waals surface area contributed by atoms with Crippen molar-refractivity contribution in [1.82, 2.24) is 0 Å². The average molecular weight is 289 g/mol. The highest BCUT2D eigenvalue weighted by Gasteiger charge is 2.11. The topological polar surface area (TPSA) is 55.1 Å². The monoisotopic (exact) mass is 288 g/mol. The highest BCUT2D eigenvalue weighted by Crippen LogP contribution is 2.29. The molecule has 0 heterocycles. The lowest BCUT2D eigenvalue weighted by Gasteiger charge is -2.16. The number of primary amides is 1. The molecule has 0 atom stereocenters. The number of nitrogens with two attached hydrogens (primary N) is 1. The van der Waals surface area contributed by atoms with E-state index in [0.29, 0.717) is 16.3 Å². The van der Waals surface area contributed by atoms with Gasteiger partial charge in [-0.15, -0.1) is 0 Å². The summed E-state index contributed by atoms with van der Waals surface area (Å²) < 4.78 is 0. The number of anilines is 2. The quantitative estimate of drug-likeness (QED) is 0.893. The first kappa shape index (κ1) is 14.4. The third kappa shape index (κ3) is 2.94. The van der Waals surface area contributed by atoms with Gasteiger partial charge in [-0.25, -0.2) is 0 Å². The third-order valence-corrected chi connectivity index (χ3v) is 3.42. The van der Waals surface area contributed by atoms with Gasteiger partial charge < -0.3 is 11.1 Å². The number of hydrogen-bond acceptors (Lipinski definition) is 2. The van der Waals surface area contributed by atoms with Crippen LogP contribution < -0.4 is 11.1 Å². The van der Waals surface area contributed by atoms with E-state index in [0.717, 1.165) is 16.8 Å². The predicted molar refractivity (Wildman–Crippen MR) is 83.9 cm³/mol. The number of rotatable bonds is 3. The Morgan fingerprint density at radius 3 is 2.25 bits per heavy atom. The fraction of sp³-hybridized carbons (Fsp3) is 0.188. The van der Waals surface area contributed by atoms with Gasteiger partial charge in [0.25, 0.3) is 5.91 Å². The summed E-state index contributed by atoms with van der Waals surface area (Å²) in [6, 6.07) is 9.26. The Hall–Kier alpha value is -2.00. The van der Waals surface area contributed by atoms with E-state index in [2.05, 4.69) is 24.4 Å². The molecule has 104 valence electrons. The number of carbonyl (C=O) groups is 1. The lowest BCUT2D eigenvalue weighted by molar-refractivity contribution is 0.100. The van der Waals surface area contributed by atoms with Crippen LogP contribution in [0.15, 0.2) is 30.3 Å². The zero-order valence-corrected chi connectivity index (χ0v) is 12.5. The van der Waals surface area contributed by atoms with Gasteiger partial charge in [0.15, 0.2) is 0 Å². The maximum atomic E-state index is 11.5. The first-order chi connectivity index (χ1) is 9.38. The first-order valence-corrected chi connectivity index (χ1v) is 6.70. The van der Waals surface area contributed by atoms with Gasteiger partial charge in [0.05, 0.1) is 11.3 Å². The summed E-state index contributed by atoms with van der Waals surface area (Å²) in [5.74, 6) is -0.502. The number of aryl methyl sites for hydroxylation is 3. The second kappa shape index (κ2) is 5.55. The maximum absolute atomic E-state index is 11.5. The Labute approximate surface area is 123 Å². The molecule has 2 aromatic rings. The Kier molecular flexibility index (Phi) is 4.00. The summed E-state index contributed by atoms with van der Waals surface area (Å²) in [4.78, 5) is 11.5. The van der Waals surface area contributed by atoms with Gasteiger partial charge in [-0.1, -0.05) is 29.3 Å². The summed E-state index contributed by atoms with van der Waals surface area (Å²) in [7, 11) is 0. The number of halogens is 1. The Bertz CT molecular complexity index is 657. The molecule has 0 fully saturated rings. The van der Waals surface area contributed by atoms with Gasteiger partial charge in [-0.2, -0.15) is 0 Å². The fourth-order valence-electron chi connectivity index (χ4n) is 2.34. The van der Waals surface area contributed by atoms with Gasteiger partial charge in [0, 0.05) is 10.7 Å². The zero-order valence-electron chi connectivity index (χ0n) is 11.8. The molecule has 20 heavy (non-hydrogen) atoms. The van der Waals surface area contributed by atoms with E-state index in [-0.39, 0.29) is 0 Å². The van der Waals surface area contributed by atoms with E-state index in [1.54, 1.807) is 18.2 Å². The van der Waals surface area contributed by atoms with Crippen LogP contribution in [0.3, 0.4) is 0 Å². The molecule has 0 bridgehead atoms. The molecule has 0 saturated heterocycles.